The number of fused-ring (bicyclic) bond motifs is 1. The van der Waals surface area contributed by atoms with E-state index in [-0.39, 0.29) is 0 Å². The Kier molecular flexibility index (Phi) is 3.15. The van der Waals surface area contributed by atoms with Crippen LogP contribution in [0.5, 0.6) is 5.75 Å². The van der Waals surface area contributed by atoms with Gasteiger partial charge in [0.25, 0.3) is 0 Å². The summed E-state index contributed by atoms with van der Waals surface area (Å²) >= 11 is 0. The van der Waals surface area contributed by atoms with E-state index in [4.69, 9.17) is 14.0 Å². The first-order valence-electron chi connectivity index (χ1n) is 7.49. The Labute approximate surface area is 123 Å². The second-order valence-corrected chi connectivity index (χ2v) is 5.82. The largest absolute Gasteiger partial charge is 0.493 e. The molecule has 21 heavy (non-hydrogen) atoms. The number of aromatic nitrogens is 2. The zero-order chi connectivity index (χ0) is 14.2. The van der Waals surface area contributed by atoms with E-state index in [1.807, 2.05) is 12.1 Å². The third-order valence-electron chi connectivity index (χ3n) is 4.35. The Hall–Kier alpha value is -1.88. The topological polar surface area (TPSA) is 57.4 Å². The normalized spacial score (nSPS) is 24.6. The van der Waals surface area contributed by atoms with Gasteiger partial charge in [0.2, 0.25) is 11.7 Å². The van der Waals surface area contributed by atoms with Crippen LogP contribution in [0.1, 0.15) is 30.7 Å². The van der Waals surface area contributed by atoms with Gasteiger partial charge in [-0.1, -0.05) is 12.1 Å². The molecule has 0 amide bonds. The van der Waals surface area contributed by atoms with E-state index in [0.717, 1.165) is 49.9 Å². The molecule has 2 aromatic rings. The molecule has 1 fully saturated rings. The first-order valence-corrected chi connectivity index (χ1v) is 7.49. The minimum Gasteiger partial charge on any atom is -0.493 e. The molecule has 1 aromatic carbocycles. The Morgan fingerprint density at radius 1 is 1.24 bits per heavy atom. The van der Waals surface area contributed by atoms with Gasteiger partial charge in [0, 0.05) is 31.1 Å². The molecule has 1 aromatic heterocycles. The van der Waals surface area contributed by atoms with E-state index in [9.17, 15) is 0 Å². The zero-order valence-electron chi connectivity index (χ0n) is 12.0. The molecule has 0 N–H and O–H groups in total. The number of rotatable bonds is 2. The van der Waals surface area contributed by atoms with E-state index >= 15 is 0 Å². The number of ether oxygens (including phenoxy) is 2. The van der Waals surface area contributed by atoms with E-state index in [2.05, 4.69) is 23.1 Å². The highest BCUT2D eigenvalue weighted by atomic mass is 16.5. The lowest BCUT2D eigenvalue weighted by Gasteiger charge is -2.25. The summed E-state index contributed by atoms with van der Waals surface area (Å²) in [5.74, 6) is 3.09. The molecule has 5 nitrogen and oxygen atoms in total. The van der Waals surface area contributed by atoms with Crippen molar-refractivity contribution in [3.8, 4) is 17.1 Å². The standard InChI is InChI=1S/C16H18N2O3/c1-10-9-19-6-5-13(10)16-17-15(18-21-16)12-2-3-14-11(8-12)4-7-20-14/h2-3,8,10,13H,4-7,9H2,1H3/t10-,13+/m0/s1. The SMILES string of the molecule is C[C@H]1COCC[C@H]1c1nc(-c2ccc3c(c2)CCO3)no1. The molecule has 4 rings (SSSR count). The first-order chi connectivity index (χ1) is 10.3. The van der Waals surface area contributed by atoms with Crippen molar-refractivity contribution in [1.29, 1.82) is 0 Å². The van der Waals surface area contributed by atoms with Crippen LogP contribution >= 0.6 is 0 Å². The van der Waals surface area contributed by atoms with Gasteiger partial charge in [-0.15, -0.1) is 0 Å². The van der Waals surface area contributed by atoms with Gasteiger partial charge < -0.3 is 14.0 Å². The van der Waals surface area contributed by atoms with E-state index in [1.54, 1.807) is 0 Å². The third-order valence-corrected chi connectivity index (χ3v) is 4.35. The molecule has 2 atom stereocenters. The van der Waals surface area contributed by atoms with Gasteiger partial charge in [0.15, 0.2) is 0 Å². The first kappa shape index (κ1) is 12.8. The fourth-order valence-corrected chi connectivity index (χ4v) is 3.08. The minimum absolute atomic E-state index is 0.303. The second-order valence-electron chi connectivity index (χ2n) is 5.82. The lowest BCUT2D eigenvalue weighted by atomic mass is 9.90. The van der Waals surface area contributed by atoms with Gasteiger partial charge in [0.05, 0.1) is 6.61 Å². The molecule has 2 aliphatic rings. The van der Waals surface area contributed by atoms with Crippen LogP contribution in [0.4, 0.5) is 0 Å². The predicted molar refractivity (Wildman–Crippen MR) is 76.3 cm³/mol. The Morgan fingerprint density at radius 3 is 3.10 bits per heavy atom. The molecule has 0 spiro atoms. The van der Waals surface area contributed by atoms with Crippen molar-refractivity contribution in [2.24, 2.45) is 5.92 Å². The van der Waals surface area contributed by atoms with Crippen LogP contribution in [0.25, 0.3) is 11.4 Å². The van der Waals surface area contributed by atoms with Crippen LogP contribution in [-0.4, -0.2) is 30.0 Å². The molecule has 2 aliphatic heterocycles. The summed E-state index contributed by atoms with van der Waals surface area (Å²) in [6.45, 7) is 4.46. The number of nitrogens with zero attached hydrogens (tertiary/aromatic N) is 2. The van der Waals surface area contributed by atoms with E-state index in [0.29, 0.717) is 17.7 Å². The molecule has 0 radical (unpaired) electrons. The van der Waals surface area contributed by atoms with Gasteiger partial charge in [-0.3, -0.25) is 0 Å². The lowest BCUT2D eigenvalue weighted by Crippen LogP contribution is -2.23. The summed E-state index contributed by atoms with van der Waals surface area (Å²) in [6.07, 6.45) is 1.89. The molecule has 0 aliphatic carbocycles. The zero-order valence-corrected chi connectivity index (χ0v) is 12.0. The molecule has 5 heteroatoms. The molecule has 0 bridgehead atoms. The van der Waals surface area contributed by atoms with E-state index < -0.39 is 0 Å². The monoisotopic (exact) mass is 286 g/mol. The summed E-state index contributed by atoms with van der Waals surface area (Å²) in [7, 11) is 0. The molecule has 3 heterocycles. The highest BCUT2D eigenvalue weighted by molar-refractivity contribution is 5.59. The average molecular weight is 286 g/mol. The van der Waals surface area contributed by atoms with Gasteiger partial charge in [-0.2, -0.15) is 4.98 Å². The average Bonchev–Trinajstić information content (AvgIpc) is 3.16. The van der Waals surface area contributed by atoms with Crippen LogP contribution < -0.4 is 4.74 Å². The van der Waals surface area contributed by atoms with E-state index in [1.165, 1.54) is 5.56 Å². The van der Waals surface area contributed by atoms with Gasteiger partial charge in [-0.25, -0.2) is 0 Å². The number of hydrogen-bond donors (Lipinski definition) is 0. The van der Waals surface area contributed by atoms with Crippen molar-refractivity contribution >= 4 is 0 Å². The van der Waals surface area contributed by atoms with Gasteiger partial charge in [0.1, 0.15) is 5.75 Å². The molecule has 110 valence electrons. The third kappa shape index (κ3) is 2.31. The van der Waals surface area contributed by atoms with Crippen molar-refractivity contribution < 1.29 is 14.0 Å². The Morgan fingerprint density at radius 2 is 2.19 bits per heavy atom. The molecule has 0 saturated carbocycles. The maximum absolute atomic E-state index is 5.53. The van der Waals surface area contributed by atoms with Gasteiger partial charge >= 0.3 is 0 Å². The summed E-state index contributed by atoms with van der Waals surface area (Å²) in [5, 5.41) is 4.15. The second kappa shape index (κ2) is 5.15. The van der Waals surface area contributed by atoms with Crippen molar-refractivity contribution in [1.82, 2.24) is 10.1 Å². The molecule has 1 saturated heterocycles. The molecular weight excluding hydrogens is 268 g/mol. The highest BCUT2D eigenvalue weighted by Gasteiger charge is 2.28. The summed E-state index contributed by atoms with van der Waals surface area (Å²) in [5.41, 5.74) is 2.22. The molecular formula is C16H18N2O3. The fraction of sp³-hybridized carbons (Fsp3) is 0.500. The van der Waals surface area contributed by atoms with Crippen LogP contribution in [-0.2, 0) is 11.2 Å². The number of benzene rings is 1. The van der Waals surface area contributed by atoms with Crippen molar-refractivity contribution in [3.05, 3.63) is 29.7 Å². The van der Waals surface area contributed by atoms with Crippen LogP contribution in [0.15, 0.2) is 22.7 Å². The molecule has 0 unspecified atom stereocenters. The Balaban J connectivity index is 1.62. The minimum atomic E-state index is 0.303. The van der Waals surface area contributed by atoms with Crippen molar-refractivity contribution in [2.75, 3.05) is 19.8 Å². The maximum Gasteiger partial charge on any atom is 0.230 e. The highest BCUT2D eigenvalue weighted by Crippen LogP contribution is 2.33. The van der Waals surface area contributed by atoms with Crippen LogP contribution in [0.3, 0.4) is 0 Å². The van der Waals surface area contributed by atoms with Crippen molar-refractivity contribution in [2.45, 2.75) is 25.7 Å². The number of hydrogen-bond acceptors (Lipinski definition) is 5. The van der Waals surface area contributed by atoms with Crippen LogP contribution in [0, 0.1) is 5.92 Å². The summed E-state index contributed by atoms with van der Waals surface area (Å²) in [6, 6.07) is 6.08. The quantitative estimate of drug-likeness (QED) is 0.849. The fourth-order valence-electron chi connectivity index (χ4n) is 3.08. The predicted octanol–water partition coefficient (Wildman–Crippen LogP) is 2.81. The lowest BCUT2D eigenvalue weighted by molar-refractivity contribution is 0.0392. The van der Waals surface area contributed by atoms with Crippen LogP contribution in [0.2, 0.25) is 0 Å². The van der Waals surface area contributed by atoms with Crippen molar-refractivity contribution in [3.63, 3.8) is 0 Å². The Bertz CT molecular complexity index is 653. The smallest absolute Gasteiger partial charge is 0.230 e. The van der Waals surface area contributed by atoms with Gasteiger partial charge in [-0.05, 0) is 36.1 Å². The summed E-state index contributed by atoms with van der Waals surface area (Å²) in [4.78, 5) is 4.61. The summed E-state index contributed by atoms with van der Waals surface area (Å²) < 4.78 is 16.5. The maximum atomic E-state index is 5.53.